The smallest absolute Gasteiger partial charge is 0.232 e. The molecule has 0 aliphatic rings. The molecule has 0 unspecified atom stereocenters. The maximum absolute atomic E-state index is 5.84. The number of nitrogen functional groups attached to an aromatic ring is 1. The molecule has 0 bridgehead atoms. The third-order valence-electron chi connectivity index (χ3n) is 3.60. The van der Waals surface area contributed by atoms with Gasteiger partial charge in [-0.05, 0) is 24.3 Å². The Balaban J connectivity index is 1.78. The highest BCUT2D eigenvalue weighted by atomic mass is 16.5. The molecule has 7 heteroatoms. The summed E-state index contributed by atoms with van der Waals surface area (Å²) in [6.45, 7) is 0.517. The second kappa shape index (κ2) is 7.48. The lowest BCUT2D eigenvalue weighted by molar-refractivity contribution is 0.415. The monoisotopic (exact) mass is 336 g/mol. The molecule has 128 valence electrons. The van der Waals surface area contributed by atoms with E-state index in [4.69, 9.17) is 10.5 Å². The van der Waals surface area contributed by atoms with E-state index in [2.05, 4.69) is 20.3 Å². The van der Waals surface area contributed by atoms with E-state index in [1.807, 2.05) is 66.5 Å². The Morgan fingerprint density at radius 3 is 2.60 bits per heavy atom. The first kappa shape index (κ1) is 16.5. The molecule has 0 amide bonds. The van der Waals surface area contributed by atoms with Crippen molar-refractivity contribution in [2.75, 3.05) is 30.1 Å². The topological polar surface area (TPSA) is 89.2 Å². The van der Waals surface area contributed by atoms with Crippen LogP contribution in [0, 0.1) is 0 Å². The highest BCUT2D eigenvalue weighted by molar-refractivity contribution is 5.56. The molecule has 0 spiro atoms. The van der Waals surface area contributed by atoms with Crippen LogP contribution in [0.4, 0.5) is 23.3 Å². The Morgan fingerprint density at radius 1 is 1.04 bits per heavy atom. The first-order chi connectivity index (χ1) is 12.1. The molecule has 0 saturated carbocycles. The molecule has 0 atom stereocenters. The van der Waals surface area contributed by atoms with Crippen LogP contribution >= 0.6 is 0 Å². The zero-order chi connectivity index (χ0) is 17.6. The Kier molecular flexibility index (Phi) is 4.94. The van der Waals surface area contributed by atoms with Crippen molar-refractivity contribution < 1.29 is 4.74 Å². The summed E-state index contributed by atoms with van der Waals surface area (Å²) < 4.78 is 5.22. The van der Waals surface area contributed by atoms with Gasteiger partial charge in [-0.25, -0.2) is 0 Å². The molecule has 0 fully saturated rings. The summed E-state index contributed by atoms with van der Waals surface area (Å²) in [5.74, 6) is 1.91. The lowest BCUT2D eigenvalue weighted by Crippen LogP contribution is -2.19. The summed E-state index contributed by atoms with van der Waals surface area (Å²) in [4.78, 5) is 14.9. The third-order valence-corrected chi connectivity index (χ3v) is 3.60. The number of hydrogen-bond acceptors (Lipinski definition) is 7. The molecule has 0 saturated heterocycles. The number of nitrogens with zero attached hydrogens (tertiary/aromatic N) is 4. The Hall–Kier alpha value is -3.35. The molecule has 3 rings (SSSR count). The Labute approximate surface area is 146 Å². The van der Waals surface area contributed by atoms with E-state index in [9.17, 15) is 0 Å². The fourth-order valence-corrected chi connectivity index (χ4v) is 2.38. The Morgan fingerprint density at radius 2 is 1.84 bits per heavy atom. The average Bonchev–Trinajstić information content (AvgIpc) is 2.62. The molecular formula is C18H20N6O. The standard InChI is InChI=1S/C18H20N6O/c1-24(14-8-4-3-5-9-14)12-16-21-17(19)23-18(22-16)20-13-7-6-10-15(11-13)25-2/h3-11H,12H2,1-2H3,(H3,19,20,21,22,23). The first-order valence-electron chi connectivity index (χ1n) is 7.82. The second-order valence-corrected chi connectivity index (χ2v) is 5.48. The van der Waals surface area contributed by atoms with Crippen LogP contribution in [0.1, 0.15) is 5.82 Å². The number of methoxy groups -OCH3 is 1. The number of para-hydroxylation sites is 1. The number of benzene rings is 2. The van der Waals surface area contributed by atoms with Crippen molar-refractivity contribution in [2.45, 2.75) is 6.54 Å². The highest BCUT2D eigenvalue weighted by Gasteiger charge is 2.09. The van der Waals surface area contributed by atoms with E-state index in [0.717, 1.165) is 17.1 Å². The predicted molar refractivity (Wildman–Crippen MR) is 99.1 cm³/mol. The van der Waals surface area contributed by atoms with Crippen LogP contribution in [-0.4, -0.2) is 29.1 Å². The van der Waals surface area contributed by atoms with E-state index >= 15 is 0 Å². The largest absolute Gasteiger partial charge is 0.497 e. The molecule has 2 aromatic carbocycles. The van der Waals surface area contributed by atoms with Crippen molar-refractivity contribution in [1.29, 1.82) is 0 Å². The average molecular weight is 336 g/mol. The lowest BCUT2D eigenvalue weighted by atomic mass is 10.3. The van der Waals surface area contributed by atoms with Crippen LogP contribution in [0.2, 0.25) is 0 Å². The normalized spacial score (nSPS) is 10.3. The van der Waals surface area contributed by atoms with Gasteiger partial charge in [0.05, 0.1) is 13.7 Å². The van der Waals surface area contributed by atoms with Gasteiger partial charge in [0.15, 0.2) is 5.82 Å². The number of anilines is 4. The number of aromatic nitrogens is 3. The second-order valence-electron chi connectivity index (χ2n) is 5.48. The van der Waals surface area contributed by atoms with E-state index < -0.39 is 0 Å². The van der Waals surface area contributed by atoms with E-state index in [1.54, 1.807) is 7.11 Å². The van der Waals surface area contributed by atoms with Crippen LogP contribution < -0.4 is 20.7 Å². The van der Waals surface area contributed by atoms with Crippen molar-refractivity contribution in [3.63, 3.8) is 0 Å². The van der Waals surface area contributed by atoms with Gasteiger partial charge in [0.1, 0.15) is 5.75 Å². The van der Waals surface area contributed by atoms with E-state index in [1.165, 1.54) is 0 Å². The molecule has 0 aliphatic carbocycles. The van der Waals surface area contributed by atoms with Gasteiger partial charge in [-0.1, -0.05) is 24.3 Å². The SMILES string of the molecule is COc1cccc(Nc2nc(N)nc(CN(C)c3ccccc3)n2)c1. The minimum atomic E-state index is 0.178. The fraction of sp³-hybridized carbons (Fsp3) is 0.167. The number of ether oxygens (including phenoxy) is 1. The van der Waals surface area contributed by atoms with E-state index in [0.29, 0.717) is 18.3 Å². The number of hydrogen-bond donors (Lipinski definition) is 2. The molecule has 3 N–H and O–H groups in total. The van der Waals surface area contributed by atoms with Crippen molar-refractivity contribution in [2.24, 2.45) is 0 Å². The summed E-state index contributed by atoms with van der Waals surface area (Å²) in [6.07, 6.45) is 0. The zero-order valence-corrected chi connectivity index (χ0v) is 14.2. The fourth-order valence-electron chi connectivity index (χ4n) is 2.38. The van der Waals surface area contributed by atoms with Crippen LogP contribution in [-0.2, 0) is 6.54 Å². The maximum Gasteiger partial charge on any atom is 0.232 e. The first-order valence-corrected chi connectivity index (χ1v) is 7.82. The summed E-state index contributed by atoms with van der Waals surface area (Å²) in [5, 5.41) is 3.13. The summed E-state index contributed by atoms with van der Waals surface area (Å²) in [6, 6.07) is 17.5. The molecule has 3 aromatic rings. The molecule has 0 aliphatic heterocycles. The molecule has 0 radical (unpaired) electrons. The van der Waals surface area contributed by atoms with Gasteiger partial charge in [0.25, 0.3) is 0 Å². The summed E-state index contributed by atoms with van der Waals surface area (Å²) in [5.41, 5.74) is 7.72. The van der Waals surface area contributed by atoms with Gasteiger partial charge in [0, 0.05) is 24.5 Å². The molecule has 25 heavy (non-hydrogen) atoms. The Bertz CT molecular complexity index is 840. The molecule has 1 aromatic heterocycles. The number of nitrogens with one attached hydrogen (secondary N) is 1. The van der Waals surface area contributed by atoms with Gasteiger partial charge in [-0.2, -0.15) is 15.0 Å². The van der Waals surface area contributed by atoms with Crippen molar-refractivity contribution in [1.82, 2.24) is 15.0 Å². The van der Waals surface area contributed by atoms with Crippen molar-refractivity contribution in [3.05, 3.63) is 60.4 Å². The van der Waals surface area contributed by atoms with Crippen LogP contribution in [0.25, 0.3) is 0 Å². The summed E-state index contributed by atoms with van der Waals surface area (Å²) in [7, 11) is 3.60. The van der Waals surface area contributed by atoms with Crippen LogP contribution in [0.5, 0.6) is 5.75 Å². The van der Waals surface area contributed by atoms with Gasteiger partial charge < -0.3 is 20.7 Å². The van der Waals surface area contributed by atoms with E-state index in [-0.39, 0.29) is 5.95 Å². The molecular weight excluding hydrogens is 316 g/mol. The van der Waals surface area contributed by atoms with Crippen LogP contribution in [0.15, 0.2) is 54.6 Å². The number of nitrogens with two attached hydrogens (primary N) is 1. The zero-order valence-electron chi connectivity index (χ0n) is 14.2. The van der Waals surface area contributed by atoms with Gasteiger partial charge >= 0.3 is 0 Å². The number of rotatable bonds is 6. The third kappa shape index (κ3) is 4.35. The lowest BCUT2D eigenvalue weighted by Gasteiger charge is -2.18. The minimum absolute atomic E-state index is 0.178. The van der Waals surface area contributed by atoms with Gasteiger partial charge in [0.2, 0.25) is 11.9 Å². The summed E-state index contributed by atoms with van der Waals surface area (Å²) >= 11 is 0. The predicted octanol–water partition coefficient (Wildman–Crippen LogP) is 2.84. The van der Waals surface area contributed by atoms with Crippen molar-refractivity contribution in [3.8, 4) is 5.75 Å². The molecule has 7 nitrogen and oxygen atoms in total. The van der Waals surface area contributed by atoms with Crippen LogP contribution in [0.3, 0.4) is 0 Å². The quantitative estimate of drug-likeness (QED) is 0.715. The maximum atomic E-state index is 5.84. The van der Waals surface area contributed by atoms with Crippen molar-refractivity contribution >= 4 is 23.3 Å². The molecule has 1 heterocycles. The highest BCUT2D eigenvalue weighted by Crippen LogP contribution is 2.20. The van der Waals surface area contributed by atoms with Gasteiger partial charge in [-0.3, -0.25) is 0 Å². The van der Waals surface area contributed by atoms with Gasteiger partial charge in [-0.15, -0.1) is 0 Å². The minimum Gasteiger partial charge on any atom is -0.497 e.